The third-order valence-electron chi connectivity index (χ3n) is 8.45. The zero-order valence-corrected chi connectivity index (χ0v) is 23.1. The number of hydrogen-bond acceptors (Lipinski definition) is 4. The summed E-state index contributed by atoms with van der Waals surface area (Å²) >= 11 is 0. The zero-order chi connectivity index (χ0) is 27.9. The number of ether oxygens (including phenoxy) is 1. The molecule has 0 aromatic heterocycles. The van der Waals surface area contributed by atoms with Crippen LogP contribution in [0, 0.1) is 5.92 Å². The number of aromatic carboxylic acids is 1. The van der Waals surface area contributed by atoms with Gasteiger partial charge in [0, 0.05) is 24.9 Å². The van der Waals surface area contributed by atoms with Crippen LogP contribution in [-0.4, -0.2) is 46.7 Å². The summed E-state index contributed by atoms with van der Waals surface area (Å²) in [5.74, 6) is -0.217. The van der Waals surface area contributed by atoms with Crippen molar-refractivity contribution in [2.45, 2.75) is 63.8 Å². The van der Waals surface area contributed by atoms with Gasteiger partial charge in [-0.1, -0.05) is 48.5 Å². The Morgan fingerprint density at radius 1 is 0.875 bits per heavy atom. The molecular formula is C34H39NO5. The average molecular weight is 542 g/mol. The second kappa shape index (κ2) is 13.1. The number of para-hydroxylation sites is 1. The van der Waals surface area contributed by atoms with Crippen LogP contribution in [0.25, 0.3) is 0 Å². The van der Waals surface area contributed by atoms with Crippen LogP contribution in [-0.2, 0) is 30.5 Å². The Bertz CT molecular complexity index is 1310. The van der Waals surface area contributed by atoms with E-state index in [2.05, 4.69) is 47.4 Å². The molecule has 1 atom stereocenters. The monoisotopic (exact) mass is 541 g/mol. The van der Waals surface area contributed by atoms with Crippen LogP contribution >= 0.6 is 0 Å². The molecule has 0 spiro atoms. The Morgan fingerprint density at radius 2 is 1.62 bits per heavy atom. The van der Waals surface area contributed by atoms with Crippen molar-refractivity contribution in [1.29, 1.82) is 0 Å². The van der Waals surface area contributed by atoms with Gasteiger partial charge in [0.1, 0.15) is 5.75 Å². The molecule has 40 heavy (non-hydrogen) atoms. The van der Waals surface area contributed by atoms with Gasteiger partial charge in [0.25, 0.3) is 0 Å². The largest absolute Gasteiger partial charge is 0.493 e. The molecule has 5 rings (SSSR count). The molecule has 0 saturated heterocycles. The summed E-state index contributed by atoms with van der Waals surface area (Å²) in [6.07, 6.45) is 7.51. The van der Waals surface area contributed by atoms with E-state index in [0.717, 1.165) is 69.3 Å². The van der Waals surface area contributed by atoms with Crippen LogP contribution in [0.4, 0.5) is 0 Å². The third kappa shape index (κ3) is 6.92. The van der Waals surface area contributed by atoms with Crippen molar-refractivity contribution in [3.8, 4) is 5.75 Å². The highest BCUT2D eigenvalue weighted by Crippen LogP contribution is 2.36. The van der Waals surface area contributed by atoms with Crippen molar-refractivity contribution in [2.24, 2.45) is 5.92 Å². The number of carbonyl (C=O) groups is 2. The fraction of sp³-hybridized carbons (Fsp3) is 0.412. The summed E-state index contributed by atoms with van der Waals surface area (Å²) in [5.41, 5.74) is 6.72. The van der Waals surface area contributed by atoms with E-state index >= 15 is 0 Å². The van der Waals surface area contributed by atoms with Crippen molar-refractivity contribution in [2.75, 3.05) is 19.7 Å². The molecular weight excluding hydrogens is 502 g/mol. The molecule has 2 N–H and O–H groups in total. The number of aryl methyl sites for hydroxylation is 1. The van der Waals surface area contributed by atoms with Gasteiger partial charge in [0.2, 0.25) is 0 Å². The molecule has 210 valence electrons. The minimum absolute atomic E-state index is 0.179. The Kier molecular flexibility index (Phi) is 9.17. The van der Waals surface area contributed by atoms with Crippen molar-refractivity contribution < 1.29 is 24.5 Å². The zero-order valence-electron chi connectivity index (χ0n) is 23.1. The van der Waals surface area contributed by atoms with Crippen molar-refractivity contribution in [3.63, 3.8) is 0 Å². The van der Waals surface area contributed by atoms with E-state index in [9.17, 15) is 14.7 Å². The Balaban J connectivity index is 1.27. The Hall–Kier alpha value is -3.64. The molecule has 0 aliphatic heterocycles. The number of unbranched alkanes of at least 4 members (excludes halogenated alkanes) is 1. The molecule has 0 bridgehead atoms. The van der Waals surface area contributed by atoms with Gasteiger partial charge in [-0.05, 0) is 104 Å². The summed E-state index contributed by atoms with van der Waals surface area (Å²) in [5, 5.41) is 18.6. The first kappa shape index (κ1) is 27.9. The first-order valence-corrected chi connectivity index (χ1v) is 14.6. The van der Waals surface area contributed by atoms with Crippen LogP contribution in [0.1, 0.15) is 76.3 Å². The lowest BCUT2D eigenvalue weighted by Crippen LogP contribution is -2.34. The molecule has 6 heteroatoms. The predicted octanol–water partition coefficient (Wildman–Crippen LogP) is 6.36. The van der Waals surface area contributed by atoms with Crippen LogP contribution < -0.4 is 4.74 Å². The first-order chi connectivity index (χ1) is 19.5. The van der Waals surface area contributed by atoms with Gasteiger partial charge in [-0.15, -0.1) is 0 Å². The van der Waals surface area contributed by atoms with Gasteiger partial charge in [0.05, 0.1) is 12.2 Å². The lowest BCUT2D eigenvalue weighted by molar-refractivity contribution is -0.137. The van der Waals surface area contributed by atoms with Crippen LogP contribution in [0.15, 0.2) is 66.7 Å². The third-order valence-corrected chi connectivity index (χ3v) is 8.45. The van der Waals surface area contributed by atoms with E-state index in [-0.39, 0.29) is 12.5 Å². The quantitative estimate of drug-likeness (QED) is 0.245. The highest BCUT2D eigenvalue weighted by Gasteiger charge is 2.27. The number of benzene rings is 3. The molecule has 2 aliphatic rings. The highest BCUT2D eigenvalue weighted by molar-refractivity contribution is 5.88. The highest BCUT2D eigenvalue weighted by atomic mass is 16.5. The molecule has 0 fully saturated rings. The van der Waals surface area contributed by atoms with Gasteiger partial charge in [-0.3, -0.25) is 9.69 Å². The van der Waals surface area contributed by atoms with Gasteiger partial charge in [0.15, 0.2) is 0 Å². The van der Waals surface area contributed by atoms with Gasteiger partial charge in [-0.25, -0.2) is 4.79 Å². The standard InChI is InChI=1S/C34H39NO5/c36-33(37)14-5-6-18-35(31-12-7-11-28-22-29(34(38)39)15-16-30(28)31)19-17-25-8-3-4-13-32(25)40-23-24-20-26-9-1-2-10-27(26)21-24/h1-4,8-10,13,15-16,22,24,31H,5-7,11-12,14,17-21,23H2,(H,36,37)(H,38,39). The minimum atomic E-state index is -0.895. The van der Waals surface area contributed by atoms with E-state index in [0.29, 0.717) is 24.5 Å². The summed E-state index contributed by atoms with van der Waals surface area (Å²) in [4.78, 5) is 25.1. The molecule has 3 aromatic carbocycles. The van der Waals surface area contributed by atoms with E-state index < -0.39 is 11.9 Å². The fourth-order valence-corrected chi connectivity index (χ4v) is 6.41. The molecule has 0 heterocycles. The van der Waals surface area contributed by atoms with E-state index in [1.54, 1.807) is 6.07 Å². The SMILES string of the molecule is O=C(O)CCCCN(CCc1ccccc1OCC1Cc2ccccc2C1)C1CCCc2cc(C(=O)O)ccc21. The summed E-state index contributed by atoms with van der Waals surface area (Å²) in [6, 6.07) is 22.7. The van der Waals surface area contributed by atoms with Crippen LogP contribution in [0.3, 0.4) is 0 Å². The smallest absolute Gasteiger partial charge is 0.335 e. The van der Waals surface area contributed by atoms with Crippen LogP contribution in [0.5, 0.6) is 5.75 Å². The fourth-order valence-electron chi connectivity index (χ4n) is 6.41. The molecule has 3 aromatic rings. The number of nitrogens with zero attached hydrogens (tertiary/aromatic N) is 1. The van der Waals surface area contributed by atoms with Gasteiger partial charge < -0.3 is 14.9 Å². The number of fused-ring (bicyclic) bond motifs is 2. The molecule has 2 aliphatic carbocycles. The summed E-state index contributed by atoms with van der Waals surface area (Å²) in [7, 11) is 0. The maximum atomic E-state index is 11.5. The van der Waals surface area contributed by atoms with Crippen molar-refractivity contribution in [1.82, 2.24) is 4.90 Å². The Morgan fingerprint density at radius 3 is 2.38 bits per heavy atom. The molecule has 0 amide bonds. The Labute approximate surface area is 236 Å². The first-order valence-electron chi connectivity index (χ1n) is 14.6. The lowest BCUT2D eigenvalue weighted by Gasteiger charge is -2.36. The number of carboxylic acids is 2. The van der Waals surface area contributed by atoms with E-state index in [1.807, 2.05) is 18.2 Å². The van der Waals surface area contributed by atoms with Crippen molar-refractivity contribution in [3.05, 3.63) is 100 Å². The van der Waals surface area contributed by atoms with Gasteiger partial charge in [-0.2, -0.15) is 0 Å². The second-order valence-electron chi connectivity index (χ2n) is 11.2. The lowest BCUT2D eigenvalue weighted by atomic mass is 9.85. The average Bonchev–Trinajstić information content (AvgIpc) is 3.38. The minimum Gasteiger partial charge on any atom is -0.493 e. The summed E-state index contributed by atoms with van der Waals surface area (Å²) in [6.45, 7) is 2.33. The van der Waals surface area contributed by atoms with E-state index in [1.165, 1.54) is 22.3 Å². The number of hydrogen-bond donors (Lipinski definition) is 2. The second-order valence-corrected chi connectivity index (χ2v) is 11.2. The summed E-state index contributed by atoms with van der Waals surface area (Å²) < 4.78 is 6.41. The van der Waals surface area contributed by atoms with E-state index in [4.69, 9.17) is 9.84 Å². The number of carboxylic acid groups (broad SMARTS) is 2. The maximum Gasteiger partial charge on any atom is 0.335 e. The normalized spacial score (nSPS) is 16.5. The molecule has 6 nitrogen and oxygen atoms in total. The number of rotatable bonds is 13. The predicted molar refractivity (Wildman–Crippen MR) is 155 cm³/mol. The van der Waals surface area contributed by atoms with Gasteiger partial charge >= 0.3 is 11.9 Å². The molecule has 1 unspecified atom stereocenters. The topological polar surface area (TPSA) is 87.1 Å². The number of aliphatic carboxylic acids is 1. The van der Waals surface area contributed by atoms with Crippen molar-refractivity contribution >= 4 is 11.9 Å². The van der Waals surface area contributed by atoms with Crippen LogP contribution in [0.2, 0.25) is 0 Å². The molecule has 0 saturated carbocycles. The molecule has 0 radical (unpaired) electrons. The maximum absolute atomic E-state index is 11.5.